The standard InChI is InChI=1S/C15H14NO4.BrH/c17-14(13-7-3-1-4-8-13)19-11-12-20-15(18)16-9-5-2-6-10-16;/h1-10H,11-12H2;1H/q+1;/p-1. The minimum atomic E-state index is -0.513. The molecule has 110 valence electrons. The van der Waals surface area contributed by atoms with E-state index in [1.54, 1.807) is 54.9 Å². The van der Waals surface area contributed by atoms with Crippen molar-refractivity contribution in [2.24, 2.45) is 0 Å². The van der Waals surface area contributed by atoms with Gasteiger partial charge < -0.3 is 26.5 Å². The Kier molecular flexibility index (Phi) is 7.11. The van der Waals surface area contributed by atoms with Crippen LogP contribution in [0.15, 0.2) is 60.9 Å². The van der Waals surface area contributed by atoms with Gasteiger partial charge in [0.15, 0.2) is 12.4 Å². The molecule has 1 heterocycles. The van der Waals surface area contributed by atoms with Crippen LogP contribution in [0.1, 0.15) is 10.4 Å². The van der Waals surface area contributed by atoms with Gasteiger partial charge in [-0.15, -0.1) is 0 Å². The fourth-order valence-electron chi connectivity index (χ4n) is 1.52. The molecular weight excluding hydrogens is 338 g/mol. The van der Waals surface area contributed by atoms with Crippen LogP contribution in [0.5, 0.6) is 0 Å². The molecule has 0 radical (unpaired) electrons. The molecule has 0 unspecified atom stereocenters. The Morgan fingerprint density at radius 2 is 1.43 bits per heavy atom. The van der Waals surface area contributed by atoms with E-state index < -0.39 is 12.1 Å². The van der Waals surface area contributed by atoms with Crippen LogP contribution in [0.3, 0.4) is 0 Å². The van der Waals surface area contributed by atoms with Crippen LogP contribution in [0.4, 0.5) is 4.79 Å². The maximum Gasteiger partial charge on any atom is 0.602 e. The highest BCUT2D eigenvalue weighted by molar-refractivity contribution is 5.89. The normalized spacial score (nSPS) is 9.33. The van der Waals surface area contributed by atoms with Crippen molar-refractivity contribution >= 4 is 12.1 Å². The molecule has 2 aromatic rings. The number of nitrogens with zero attached hydrogens (tertiary/aromatic N) is 1. The lowest BCUT2D eigenvalue weighted by atomic mass is 10.2. The van der Waals surface area contributed by atoms with Crippen LogP contribution in [0.2, 0.25) is 0 Å². The number of carbonyl (C=O) groups excluding carboxylic acids is 2. The van der Waals surface area contributed by atoms with Gasteiger partial charge in [0.2, 0.25) is 0 Å². The highest BCUT2D eigenvalue weighted by atomic mass is 79.9. The van der Waals surface area contributed by atoms with Crippen molar-refractivity contribution in [3.05, 3.63) is 66.5 Å². The Morgan fingerprint density at radius 1 is 0.857 bits per heavy atom. The summed E-state index contributed by atoms with van der Waals surface area (Å²) in [5, 5.41) is 0. The number of carbonyl (C=O) groups is 2. The Morgan fingerprint density at radius 3 is 2.10 bits per heavy atom. The molecule has 0 aliphatic heterocycles. The molecule has 0 atom stereocenters. The lowest BCUT2D eigenvalue weighted by Gasteiger charge is -2.03. The summed E-state index contributed by atoms with van der Waals surface area (Å²) in [7, 11) is 0. The van der Waals surface area contributed by atoms with E-state index in [-0.39, 0.29) is 30.2 Å². The first kappa shape index (κ1) is 16.8. The van der Waals surface area contributed by atoms with Gasteiger partial charge >= 0.3 is 12.1 Å². The van der Waals surface area contributed by atoms with Crippen LogP contribution >= 0.6 is 0 Å². The number of aromatic nitrogens is 1. The summed E-state index contributed by atoms with van der Waals surface area (Å²) in [6.07, 6.45) is 2.65. The first-order chi connectivity index (χ1) is 9.77. The molecule has 5 nitrogen and oxygen atoms in total. The van der Waals surface area contributed by atoms with Crippen molar-refractivity contribution in [1.29, 1.82) is 0 Å². The maximum absolute atomic E-state index is 11.6. The molecule has 0 fully saturated rings. The van der Waals surface area contributed by atoms with Crippen LogP contribution in [-0.4, -0.2) is 25.3 Å². The summed E-state index contributed by atoms with van der Waals surface area (Å²) in [5.74, 6) is -0.436. The lowest BCUT2D eigenvalue weighted by Crippen LogP contribution is -3.00. The zero-order valence-electron chi connectivity index (χ0n) is 11.1. The fraction of sp³-hybridized carbons (Fsp3) is 0.133. The molecule has 2 rings (SSSR count). The van der Waals surface area contributed by atoms with E-state index in [9.17, 15) is 9.59 Å². The lowest BCUT2D eigenvalue weighted by molar-refractivity contribution is -0.586. The largest absolute Gasteiger partial charge is 1.00 e. The second-order valence-corrected chi connectivity index (χ2v) is 3.90. The van der Waals surface area contributed by atoms with Gasteiger partial charge in [-0.05, 0) is 12.1 Å². The van der Waals surface area contributed by atoms with E-state index in [1.165, 1.54) is 4.57 Å². The molecular formula is C15H14BrNO4. The van der Waals surface area contributed by atoms with Gasteiger partial charge in [0.25, 0.3) is 0 Å². The zero-order valence-corrected chi connectivity index (χ0v) is 12.7. The Hall–Kier alpha value is -2.21. The number of hydrogen-bond acceptors (Lipinski definition) is 4. The molecule has 1 aromatic heterocycles. The molecule has 0 bridgehead atoms. The first-order valence-corrected chi connectivity index (χ1v) is 6.13. The van der Waals surface area contributed by atoms with Gasteiger partial charge in [-0.2, -0.15) is 4.79 Å². The smallest absolute Gasteiger partial charge is 0.602 e. The summed E-state index contributed by atoms with van der Waals surface area (Å²) < 4.78 is 11.3. The second kappa shape index (κ2) is 8.86. The number of hydrogen-bond donors (Lipinski definition) is 0. The second-order valence-electron chi connectivity index (χ2n) is 3.90. The van der Waals surface area contributed by atoms with Crippen LogP contribution in [0.25, 0.3) is 0 Å². The highest BCUT2D eigenvalue weighted by Crippen LogP contribution is 2.00. The quantitative estimate of drug-likeness (QED) is 0.395. The summed E-state index contributed by atoms with van der Waals surface area (Å²) >= 11 is 0. The summed E-state index contributed by atoms with van der Waals surface area (Å²) in [5.41, 5.74) is 0.469. The SMILES string of the molecule is O=C(OCCOC(=O)[n+]1ccccc1)c1ccccc1.[Br-]. The van der Waals surface area contributed by atoms with Gasteiger partial charge in [-0.1, -0.05) is 28.8 Å². The minimum Gasteiger partial charge on any atom is -1.00 e. The van der Waals surface area contributed by atoms with Gasteiger partial charge in [-0.25, -0.2) is 4.79 Å². The molecule has 1 aromatic carbocycles. The topological polar surface area (TPSA) is 56.5 Å². The third kappa shape index (κ3) is 5.35. The number of halogens is 1. The monoisotopic (exact) mass is 351 g/mol. The van der Waals surface area contributed by atoms with Crippen molar-refractivity contribution in [1.82, 2.24) is 0 Å². The summed E-state index contributed by atoms with van der Waals surface area (Å²) in [6, 6.07) is 13.9. The third-order valence-electron chi connectivity index (χ3n) is 2.48. The predicted octanol–water partition coefficient (Wildman–Crippen LogP) is -1.18. The van der Waals surface area contributed by atoms with Crippen LogP contribution in [-0.2, 0) is 9.47 Å². The van der Waals surface area contributed by atoms with E-state index in [2.05, 4.69) is 0 Å². The minimum absolute atomic E-state index is 0. The Bertz CT molecular complexity index is 521. The van der Waals surface area contributed by atoms with Crippen molar-refractivity contribution in [2.75, 3.05) is 13.2 Å². The van der Waals surface area contributed by atoms with Crippen molar-refractivity contribution in [2.45, 2.75) is 0 Å². The van der Waals surface area contributed by atoms with Gasteiger partial charge in [0.05, 0.1) is 5.56 Å². The van der Waals surface area contributed by atoms with Crippen molar-refractivity contribution in [3.63, 3.8) is 0 Å². The van der Waals surface area contributed by atoms with Gasteiger partial charge in [-0.3, -0.25) is 0 Å². The maximum atomic E-state index is 11.6. The summed E-state index contributed by atoms with van der Waals surface area (Å²) in [6.45, 7) is 0.0339. The van der Waals surface area contributed by atoms with Crippen molar-refractivity contribution < 1.29 is 40.6 Å². The molecule has 0 saturated carbocycles. The molecule has 0 spiro atoms. The van der Waals surface area contributed by atoms with Gasteiger partial charge in [0.1, 0.15) is 13.2 Å². The van der Waals surface area contributed by atoms with Crippen molar-refractivity contribution in [3.8, 4) is 0 Å². The van der Waals surface area contributed by atoms with Crippen LogP contribution < -0.4 is 21.5 Å². The zero-order chi connectivity index (χ0) is 14.2. The van der Waals surface area contributed by atoms with E-state index in [0.717, 1.165) is 0 Å². The fourth-order valence-corrected chi connectivity index (χ4v) is 1.52. The van der Waals surface area contributed by atoms with E-state index in [1.807, 2.05) is 6.07 Å². The number of esters is 1. The summed E-state index contributed by atoms with van der Waals surface area (Å²) in [4.78, 5) is 23.2. The Labute approximate surface area is 132 Å². The average Bonchev–Trinajstić information content (AvgIpc) is 2.53. The number of ether oxygens (including phenoxy) is 2. The molecule has 0 N–H and O–H groups in total. The molecule has 6 heteroatoms. The first-order valence-electron chi connectivity index (χ1n) is 6.13. The number of rotatable bonds is 4. The number of pyridine rings is 1. The predicted molar refractivity (Wildman–Crippen MR) is 70.1 cm³/mol. The van der Waals surface area contributed by atoms with Crippen LogP contribution in [0, 0.1) is 0 Å². The molecule has 0 aliphatic carbocycles. The molecule has 0 aliphatic rings. The molecule has 21 heavy (non-hydrogen) atoms. The van der Waals surface area contributed by atoms with E-state index in [4.69, 9.17) is 9.47 Å². The third-order valence-corrected chi connectivity index (χ3v) is 2.48. The average molecular weight is 352 g/mol. The van der Waals surface area contributed by atoms with E-state index in [0.29, 0.717) is 5.56 Å². The van der Waals surface area contributed by atoms with Gasteiger partial charge in [0, 0.05) is 12.1 Å². The molecule has 0 amide bonds. The highest BCUT2D eigenvalue weighted by Gasteiger charge is 2.14. The Balaban J connectivity index is 0.00000220. The number of benzene rings is 1. The van der Waals surface area contributed by atoms with E-state index >= 15 is 0 Å². The molecule has 0 saturated heterocycles.